The highest BCUT2D eigenvalue weighted by molar-refractivity contribution is 7.99. The van der Waals surface area contributed by atoms with Gasteiger partial charge in [-0.15, -0.1) is 11.8 Å². The summed E-state index contributed by atoms with van der Waals surface area (Å²) in [5, 5.41) is 20.4. The first-order chi connectivity index (χ1) is 11.0. The second-order valence-corrected chi connectivity index (χ2v) is 7.81. The molecule has 0 fully saturated rings. The van der Waals surface area contributed by atoms with Gasteiger partial charge >= 0.3 is 5.97 Å². The van der Waals surface area contributed by atoms with Crippen LogP contribution in [0.4, 0.5) is 0 Å². The van der Waals surface area contributed by atoms with E-state index in [-0.39, 0.29) is 5.75 Å². The Balaban J connectivity index is 2.25. The Morgan fingerprint density at radius 3 is 2.61 bits per heavy atom. The topological polar surface area (TPSA) is 74.6 Å². The van der Waals surface area contributed by atoms with Gasteiger partial charge < -0.3 is 14.8 Å². The molecule has 0 aliphatic rings. The number of aliphatic carboxylic acids is 1. The number of carbonyl (C=O) groups is 1. The lowest BCUT2D eigenvalue weighted by Crippen LogP contribution is -2.39. The van der Waals surface area contributed by atoms with Crippen molar-refractivity contribution >= 4 is 37.0 Å². The Morgan fingerprint density at radius 1 is 1.26 bits per heavy atom. The molecule has 4 nitrogen and oxygen atoms in total. The minimum absolute atomic E-state index is 0.108. The monoisotopic (exact) mass is 352 g/mol. The van der Waals surface area contributed by atoms with Gasteiger partial charge in [0.25, 0.3) is 0 Å². The predicted molar refractivity (Wildman–Crippen MR) is 96.1 cm³/mol. The van der Waals surface area contributed by atoms with Crippen LogP contribution in [-0.2, 0) is 9.36 Å². The number of fused-ring (bicyclic) bond motifs is 1. The van der Waals surface area contributed by atoms with Gasteiger partial charge in [0, 0.05) is 10.6 Å². The Labute approximate surface area is 141 Å². The number of carboxylic acids is 1. The van der Waals surface area contributed by atoms with Gasteiger partial charge in [-0.05, 0) is 23.3 Å². The van der Waals surface area contributed by atoms with E-state index in [1.807, 2.05) is 49.4 Å². The van der Waals surface area contributed by atoms with E-state index in [9.17, 15) is 19.6 Å². The molecule has 3 unspecified atom stereocenters. The molecule has 124 valence electrons. The summed E-state index contributed by atoms with van der Waals surface area (Å²) in [6.07, 6.45) is 0.939. The van der Waals surface area contributed by atoms with Crippen LogP contribution in [0.5, 0.6) is 0 Å². The van der Waals surface area contributed by atoms with Crippen molar-refractivity contribution in [3.05, 3.63) is 42.5 Å². The predicted octanol–water partition coefficient (Wildman–Crippen LogP) is 3.88. The van der Waals surface area contributed by atoms with E-state index in [0.29, 0.717) is 12.8 Å². The van der Waals surface area contributed by atoms with Crippen LogP contribution in [0.2, 0.25) is 0 Å². The third-order valence-corrected chi connectivity index (χ3v) is 6.48. The molecule has 23 heavy (non-hydrogen) atoms. The molecule has 0 amide bonds. The number of hydrogen-bond donors (Lipinski definition) is 2. The summed E-state index contributed by atoms with van der Waals surface area (Å²) in [5.41, 5.74) is 0. The molecule has 6 heteroatoms. The minimum atomic E-state index is -1.66. The van der Waals surface area contributed by atoms with Crippen molar-refractivity contribution in [2.75, 3.05) is 5.75 Å². The smallest absolute Gasteiger partial charge is 0.309 e. The third-order valence-electron chi connectivity index (χ3n) is 3.89. The summed E-state index contributed by atoms with van der Waals surface area (Å²) in [6.45, 7) is 1.86. The van der Waals surface area contributed by atoms with Gasteiger partial charge in [0.2, 0.25) is 0 Å². The summed E-state index contributed by atoms with van der Waals surface area (Å²) in [5.74, 6) is -1.98. The standard InChI is InChI=1S/C17H21O4PS/c1-2-6-14(16(18)19)17(20,22-21)11-23-15-10-5-8-12-7-3-4-9-13(12)15/h3-5,7-10,14,20H,2,6,11,22H2,1H3,(H,18,19). The van der Waals surface area contributed by atoms with Crippen LogP contribution in [0, 0.1) is 5.92 Å². The highest BCUT2D eigenvalue weighted by atomic mass is 32.2. The molecule has 0 aliphatic carbocycles. The molecule has 3 atom stereocenters. The highest BCUT2D eigenvalue weighted by Crippen LogP contribution is 2.39. The van der Waals surface area contributed by atoms with Crippen LogP contribution in [0.15, 0.2) is 47.4 Å². The molecular weight excluding hydrogens is 331 g/mol. The fourth-order valence-electron chi connectivity index (χ4n) is 2.61. The van der Waals surface area contributed by atoms with Gasteiger partial charge in [-0.1, -0.05) is 49.7 Å². The van der Waals surface area contributed by atoms with Gasteiger partial charge in [0.1, 0.15) is 5.34 Å². The summed E-state index contributed by atoms with van der Waals surface area (Å²) >= 11 is 1.36. The Hall–Kier alpha value is -1.29. The van der Waals surface area contributed by atoms with Crippen LogP contribution in [0.3, 0.4) is 0 Å². The van der Waals surface area contributed by atoms with E-state index in [2.05, 4.69) is 0 Å². The van der Waals surface area contributed by atoms with E-state index in [1.165, 1.54) is 11.8 Å². The molecule has 2 rings (SSSR count). The second kappa shape index (κ2) is 8.00. The maximum Gasteiger partial charge on any atom is 0.309 e. The normalized spacial score (nSPS) is 15.7. The van der Waals surface area contributed by atoms with Crippen molar-refractivity contribution in [1.82, 2.24) is 0 Å². The number of aliphatic hydroxyl groups is 1. The molecule has 0 saturated carbocycles. The average Bonchev–Trinajstić information content (AvgIpc) is 2.57. The SMILES string of the molecule is CCCC(C(=O)O)C(O)(CSc1cccc2ccccc12)[PH2]=O. The number of rotatable bonds is 8. The average molecular weight is 352 g/mol. The van der Waals surface area contributed by atoms with Crippen molar-refractivity contribution in [3.63, 3.8) is 0 Å². The first-order valence-corrected chi connectivity index (χ1v) is 9.57. The lowest BCUT2D eigenvalue weighted by Gasteiger charge is -2.28. The third kappa shape index (κ3) is 4.17. The molecule has 0 spiro atoms. The van der Waals surface area contributed by atoms with E-state index in [1.54, 1.807) is 0 Å². The molecule has 2 N–H and O–H groups in total. The maximum absolute atomic E-state index is 11.6. The van der Waals surface area contributed by atoms with Crippen LogP contribution < -0.4 is 0 Å². The van der Waals surface area contributed by atoms with Crippen LogP contribution in [0.25, 0.3) is 10.8 Å². The fraction of sp³-hybridized carbons (Fsp3) is 0.353. The second-order valence-electron chi connectivity index (χ2n) is 5.55. The first-order valence-electron chi connectivity index (χ1n) is 7.54. The van der Waals surface area contributed by atoms with Crippen molar-refractivity contribution in [2.45, 2.75) is 30.0 Å². The molecule has 2 aromatic rings. The zero-order valence-corrected chi connectivity index (χ0v) is 14.9. The zero-order valence-electron chi connectivity index (χ0n) is 12.9. The van der Waals surface area contributed by atoms with E-state index in [0.717, 1.165) is 15.7 Å². The molecule has 0 bridgehead atoms. The molecule has 2 aromatic carbocycles. The number of thioether (sulfide) groups is 1. The van der Waals surface area contributed by atoms with Gasteiger partial charge in [0.15, 0.2) is 0 Å². The van der Waals surface area contributed by atoms with Crippen molar-refractivity contribution in [3.8, 4) is 0 Å². The van der Waals surface area contributed by atoms with Gasteiger partial charge in [-0.25, -0.2) is 0 Å². The van der Waals surface area contributed by atoms with Crippen molar-refractivity contribution in [1.29, 1.82) is 0 Å². The van der Waals surface area contributed by atoms with Crippen molar-refractivity contribution in [2.24, 2.45) is 5.92 Å². The summed E-state index contributed by atoms with van der Waals surface area (Å²) in [6, 6.07) is 13.7. The van der Waals surface area contributed by atoms with Crippen molar-refractivity contribution < 1.29 is 19.6 Å². The van der Waals surface area contributed by atoms with Crippen LogP contribution in [-0.4, -0.2) is 27.3 Å². The minimum Gasteiger partial charge on any atom is -0.481 e. The highest BCUT2D eigenvalue weighted by Gasteiger charge is 2.40. The lowest BCUT2D eigenvalue weighted by molar-refractivity contribution is -0.146. The van der Waals surface area contributed by atoms with E-state index < -0.39 is 25.7 Å². The number of hydrogen-bond acceptors (Lipinski definition) is 4. The molecular formula is C17H21O4PS. The van der Waals surface area contributed by atoms with E-state index >= 15 is 0 Å². The molecule has 0 heterocycles. The fourth-order valence-corrected chi connectivity index (χ4v) is 4.71. The van der Waals surface area contributed by atoms with Crippen LogP contribution in [0.1, 0.15) is 19.8 Å². The largest absolute Gasteiger partial charge is 0.481 e. The van der Waals surface area contributed by atoms with Gasteiger partial charge in [-0.2, -0.15) is 0 Å². The number of carboxylic acid groups (broad SMARTS) is 1. The molecule has 0 aliphatic heterocycles. The maximum atomic E-state index is 11.6. The quantitative estimate of drug-likeness (QED) is 0.557. The summed E-state index contributed by atoms with van der Waals surface area (Å²) < 4.78 is 11.6. The molecule has 0 radical (unpaired) electrons. The Kier molecular flexibility index (Phi) is 6.28. The van der Waals surface area contributed by atoms with Gasteiger partial charge in [-0.3, -0.25) is 4.79 Å². The molecule has 0 saturated heterocycles. The van der Waals surface area contributed by atoms with Gasteiger partial charge in [0.05, 0.1) is 14.4 Å². The Bertz CT molecular complexity index is 701. The summed E-state index contributed by atoms with van der Waals surface area (Å²) in [4.78, 5) is 12.4. The summed E-state index contributed by atoms with van der Waals surface area (Å²) in [7, 11) is -1.61. The molecule has 0 aromatic heterocycles. The lowest BCUT2D eigenvalue weighted by atomic mass is 9.98. The van der Waals surface area contributed by atoms with E-state index in [4.69, 9.17) is 0 Å². The Morgan fingerprint density at radius 2 is 1.96 bits per heavy atom. The van der Waals surface area contributed by atoms with Crippen LogP contribution >= 0.6 is 20.2 Å². The first kappa shape index (κ1) is 18.1. The zero-order chi connectivity index (χ0) is 16.9. The number of benzene rings is 2.